The van der Waals surface area contributed by atoms with E-state index in [0.717, 1.165) is 10.9 Å². The monoisotopic (exact) mass is 285 g/mol. The molecular weight excluding hydrogens is 270 g/mol. The molecule has 2 aromatic rings. The van der Waals surface area contributed by atoms with Gasteiger partial charge in [0.25, 0.3) is 5.91 Å². The van der Waals surface area contributed by atoms with E-state index in [-0.39, 0.29) is 18.0 Å². The van der Waals surface area contributed by atoms with Crippen LogP contribution in [0.2, 0.25) is 0 Å². The number of urea groups is 1. The lowest BCUT2D eigenvalue weighted by Crippen LogP contribution is -2.49. The summed E-state index contributed by atoms with van der Waals surface area (Å²) >= 11 is 0. The van der Waals surface area contributed by atoms with Gasteiger partial charge in [0.1, 0.15) is 0 Å². The summed E-state index contributed by atoms with van der Waals surface area (Å²) in [7, 11) is 0. The number of allylic oxidation sites excluding steroid dienone is 1. The molecule has 3 rings (SSSR count). The summed E-state index contributed by atoms with van der Waals surface area (Å²) in [5, 5.41) is 15.8. The van der Waals surface area contributed by atoms with Crippen molar-refractivity contribution in [1.82, 2.24) is 20.8 Å². The van der Waals surface area contributed by atoms with E-state index in [9.17, 15) is 9.59 Å². The third-order valence-electron chi connectivity index (χ3n) is 3.43. The zero-order valence-corrected chi connectivity index (χ0v) is 11.7. The third-order valence-corrected chi connectivity index (χ3v) is 3.43. The maximum atomic E-state index is 12.4. The van der Waals surface area contributed by atoms with Crippen LogP contribution in [0.5, 0.6) is 0 Å². The summed E-state index contributed by atoms with van der Waals surface area (Å²) < 4.78 is 0. The Morgan fingerprint density at radius 3 is 2.95 bits per heavy atom. The molecule has 7 heteroatoms. The maximum absolute atomic E-state index is 12.4. The lowest BCUT2D eigenvalue weighted by Gasteiger charge is -2.25. The van der Waals surface area contributed by atoms with Gasteiger partial charge in [0.15, 0.2) is 0 Å². The van der Waals surface area contributed by atoms with Crippen molar-refractivity contribution >= 4 is 28.5 Å². The van der Waals surface area contributed by atoms with Crippen LogP contribution in [-0.4, -0.2) is 28.2 Å². The molecule has 21 heavy (non-hydrogen) atoms. The average molecular weight is 285 g/mol. The first-order chi connectivity index (χ1) is 10.0. The molecular formula is C14H15N5O2. The Morgan fingerprint density at radius 1 is 1.38 bits per heavy atom. The van der Waals surface area contributed by atoms with Gasteiger partial charge in [0, 0.05) is 16.8 Å². The molecule has 0 saturated carbocycles. The second-order valence-electron chi connectivity index (χ2n) is 4.98. The topological polar surface area (TPSA) is 98.9 Å². The largest absolute Gasteiger partial charge is 0.331 e. The first kappa shape index (κ1) is 13.2. The van der Waals surface area contributed by atoms with Crippen LogP contribution in [0.15, 0.2) is 35.7 Å². The van der Waals surface area contributed by atoms with Crippen LogP contribution in [0.25, 0.3) is 10.9 Å². The van der Waals surface area contributed by atoms with Crippen LogP contribution in [-0.2, 0) is 4.79 Å². The molecule has 7 nitrogen and oxygen atoms in total. The van der Waals surface area contributed by atoms with Gasteiger partial charge in [-0.05, 0) is 32.0 Å². The van der Waals surface area contributed by atoms with Crippen LogP contribution >= 0.6 is 0 Å². The minimum Gasteiger partial charge on any atom is -0.331 e. The number of anilines is 1. The summed E-state index contributed by atoms with van der Waals surface area (Å²) in [6, 6.07) is 4.86. The number of benzene rings is 1. The number of hydrogen-bond acceptors (Lipinski definition) is 3. The Labute approximate surface area is 120 Å². The van der Waals surface area contributed by atoms with Gasteiger partial charge in [-0.2, -0.15) is 5.10 Å². The summed E-state index contributed by atoms with van der Waals surface area (Å²) in [5.41, 5.74) is 2.66. The number of aromatic nitrogens is 2. The Kier molecular flexibility index (Phi) is 3.09. The van der Waals surface area contributed by atoms with Crippen molar-refractivity contribution in [1.29, 1.82) is 0 Å². The van der Waals surface area contributed by atoms with Crippen molar-refractivity contribution in [2.75, 3.05) is 5.32 Å². The molecule has 1 aliphatic heterocycles. The van der Waals surface area contributed by atoms with Gasteiger partial charge in [0.2, 0.25) is 0 Å². The number of fused-ring (bicyclic) bond motifs is 1. The van der Waals surface area contributed by atoms with Gasteiger partial charge in [0.05, 0.1) is 23.3 Å². The highest BCUT2D eigenvalue weighted by molar-refractivity contribution is 6.07. The van der Waals surface area contributed by atoms with Crippen LogP contribution in [0.3, 0.4) is 0 Å². The highest BCUT2D eigenvalue weighted by atomic mass is 16.2. The van der Waals surface area contributed by atoms with Crippen molar-refractivity contribution in [2.45, 2.75) is 19.9 Å². The predicted octanol–water partition coefficient (Wildman–Crippen LogP) is 1.48. The van der Waals surface area contributed by atoms with Gasteiger partial charge < -0.3 is 16.0 Å². The molecule has 0 fully saturated rings. The van der Waals surface area contributed by atoms with Crippen molar-refractivity contribution in [3.8, 4) is 0 Å². The minimum atomic E-state index is -0.337. The van der Waals surface area contributed by atoms with Gasteiger partial charge in [-0.3, -0.25) is 9.89 Å². The molecule has 4 N–H and O–H groups in total. The number of nitrogens with one attached hydrogen (secondary N) is 4. The molecule has 1 aliphatic rings. The van der Waals surface area contributed by atoms with Crippen LogP contribution in [0.4, 0.5) is 10.5 Å². The first-order valence-corrected chi connectivity index (χ1v) is 6.57. The molecule has 1 atom stereocenters. The fraction of sp³-hybridized carbons (Fsp3) is 0.214. The van der Waals surface area contributed by atoms with Crippen molar-refractivity contribution < 1.29 is 9.59 Å². The second-order valence-corrected chi connectivity index (χ2v) is 4.98. The van der Waals surface area contributed by atoms with E-state index in [1.54, 1.807) is 26.1 Å². The van der Waals surface area contributed by atoms with Crippen LogP contribution < -0.4 is 16.0 Å². The Hall–Kier alpha value is -2.83. The molecule has 0 radical (unpaired) electrons. The second kappa shape index (κ2) is 4.93. The van der Waals surface area contributed by atoms with E-state index in [1.807, 2.05) is 12.1 Å². The van der Waals surface area contributed by atoms with Crippen LogP contribution in [0.1, 0.15) is 13.8 Å². The predicted molar refractivity (Wildman–Crippen MR) is 78.6 cm³/mol. The molecule has 1 aromatic carbocycles. The fourth-order valence-corrected chi connectivity index (χ4v) is 2.45. The molecule has 2 heterocycles. The highest BCUT2D eigenvalue weighted by Crippen LogP contribution is 2.19. The molecule has 0 bridgehead atoms. The van der Waals surface area contributed by atoms with Crippen molar-refractivity contribution in [2.24, 2.45) is 0 Å². The van der Waals surface area contributed by atoms with Crippen LogP contribution in [0, 0.1) is 0 Å². The zero-order chi connectivity index (χ0) is 15.0. The van der Waals surface area contributed by atoms with Gasteiger partial charge >= 0.3 is 6.03 Å². The molecule has 1 unspecified atom stereocenters. The Morgan fingerprint density at radius 2 is 2.19 bits per heavy atom. The molecule has 0 saturated heterocycles. The quantitative estimate of drug-likeness (QED) is 0.672. The number of aromatic amines is 1. The standard InChI is InChI=1S/C14H15N5O2/c1-7-12(8(2)17-14(21)16-7)13(20)18-10-3-4-11-9(5-10)6-15-19-11/h3-7H,1-2H3,(H,15,19)(H,18,20)(H2,16,17,21). The van der Waals surface area contributed by atoms with E-state index in [4.69, 9.17) is 0 Å². The average Bonchev–Trinajstić information content (AvgIpc) is 2.84. The molecule has 0 aliphatic carbocycles. The Balaban J connectivity index is 1.85. The zero-order valence-electron chi connectivity index (χ0n) is 11.7. The number of rotatable bonds is 2. The molecule has 3 amide bonds. The summed E-state index contributed by atoms with van der Waals surface area (Å²) in [6.07, 6.45) is 1.69. The lowest BCUT2D eigenvalue weighted by atomic mass is 10.0. The van der Waals surface area contributed by atoms with E-state index in [0.29, 0.717) is 17.0 Å². The maximum Gasteiger partial charge on any atom is 0.319 e. The first-order valence-electron chi connectivity index (χ1n) is 6.57. The van der Waals surface area contributed by atoms with E-state index in [1.165, 1.54) is 0 Å². The lowest BCUT2D eigenvalue weighted by molar-refractivity contribution is -0.113. The van der Waals surface area contributed by atoms with Gasteiger partial charge in [-0.15, -0.1) is 0 Å². The summed E-state index contributed by atoms with van der Waals surface area (Å²) in [4.78, 5) is 23.7. The number of amides is 3. The molecule has 108 valence electrons. The van der Waals surface area contributed by atoms with Crippen molar-refractivity contribution in [3.05, 3.63) is 35.7 Å². The number of nitrogens with zero attached hydrogens (tertiary/aromatic N) is 1. The van der Waals surface area contributed by atoms with E-state index >= 15 is 0 Å². The SMILES string of the molecule is CC1=C(C(=O)Nc2ccc3[nH]ncc3c2)C(C)NC(=O)N1. The van der Waals surface area contributed by atoms with E-state index < -0.39 is 0 Å². The third kappa shape index (κ3) is 2.45. The number of H-pyrrole nitrogens is 1. The van der Waals surface area contributed by atoms with Gasteiger partial charge in [-0.1, -0.05) is 0 Å². The fourth-order valence-electron chi connectivity index (χ4n) is 2.45. The van der Waals surface area contributed by atoms with Crippen molar-refractivity contribution in [3.63, 3.8) is 0 Å². The normalized spacial score (nSPS) is 18.4. The number of carbonyl (C=O) groups excluding carboxylic acids is 2. The van der Waals surface area contributed by atoms with E-state index in [2.05, 4.69) is 26.1 Å². The summed E-state index contributed by atoms with van der Waals surface area (Å²) in [6.45, 7) is 3.49. The highest BCUT2D eigenvalue weighted by Gasteiger charge is 2.26. The minimum absolute atomic E-state index is 0.240. The molecule has 1 aromatic heterocycles. The number of hydrogen-bond donors (Lipinski definition) is 4. The number of carbonyl (C=O) groups is 2. The Bertz CT molecular complexity index is 762. The smallest absolute Gasteiger partial charge is 0.319 e. The molecule has 0 spiro atoms. The summed E-state index contributed by atoms with van der Waals surface area (Å²) in [5.74, 6) is -0.240. The van der Waals surface area contributed by atoms with Gasteiger partial charge in [-0.25, -0.2) is 4.79 Å².